The van der Waals surface area contributed by atoms with Crippen LogP contribution >= 0.6 is 54.5 Å². The standard InChI is InChI=1S/C10H6Br2OS2/c11-6-3-4-14-9(6)5-7(13)8-1-2-10(12)15-8/h1-4H,5H2. The van der Waals surface area contributed by atoms with E-state index in [1.165, 1.54) is 11.3 Å². The van der Waals surface area contributed by atoms with Crippen LogP contribution in [0.4, 0.5) is 0 Å². The van der Waals surface area contributed by atoms with Gasteiger partial charge in [-0.15, -0.1) is 22.7 Å². The van der Waals surface area contributed by atoms with Crippen LogP contribution in [0.1, 0.15) is 14.5 Å². The maximum Gasteiger partial charge on any atom is 0.178 e. The molecule has 0 aliphatic carbocycles. The van der Waals surface area contributed by atoms with Crippen LogP contribution in [0.3, 0.4) is 0 Å². The molecule has 15 heavy (non-hydrogen) atoms. The quantitative estimate of drug-likeness (QED) is 0.716. The largest absolute Gasteiger partial charge is 0.293 e. The first-order valence-corrected chi connectivity index (χ1v) is 7.45. The van der Waals surface area contributed by atoms with E-state index in [1.807, 2.05) is 23.6 Å². The van der Waals surface area contributed by atoms with Crippen molar-refractivity contribution < 1.29 is 4.79 Å². The summed E-state index contributed by atoms with van der Waals surface area (Å²) in [5, 5.41) is 1.98. The Balaban J connectivity index is 2.14. The van der Waals surface area contributed by atoms with Crippen molar-refractivity contribution in [3.05, 3.63) is 41.6 Å². The van der Waals surface area contributed by atoms with Crippen LogP contribution in [0.5, 0.6) is 0 Å². The van der Waals surface area contributed by atoms with Gasteiger partial charge >= 0.3 is 0 Å². The summed E-state index contributed by atoms with van der Waals surface area (Å²) in [6.45, 7) is 0. The summed E-state index contributed by atoms with van der Waals surface area (Å²) in [7, 11) is 0. The molecule has 0 bridgehead atoms. The molecule has 2 aromatic rings. The van der Waals surface area contributed by atoms with Crippen LogP contribution in [0.15, 0.2) is 31.8 Å². The molecule has 78 valence electrons. The van der Waals surface area contributed by atoms with Gasteiger partial charge in [0.2, 0.25) is 0 Å². The number of hydrogen-bond acceptors (Lipinski definition) is 3. The molecule has 2 heterocycles. The third-order valence-electron chi connectivity index (χ3n) is 1.86. The van der Waals surface area contributed by atoms with Crippen molar-refractivity contribution in [1.82, 2.24) is 0 Å². The van der Waals surface area contributed by atoms with E-state index in [4.69, 9.17) is 0 Å². The molecule has 2 aromatic heterocycles. The van der Waals surface area contributed by atoms with Crippen LogP contribution in [0, 0.1) is 0 Å². The van der Waals surface area contributed by atoms with E-state index in [0.29, 0.717) is 6.42 Å². The molecule has 0 aromatic carbocycles. The maximum absolute atomic E-state index is 11.9. The monoisotopic (exact) mass is 364 g/mol. The number of thiophene rings is 2. The van der Waals surface area contributed by atoms with E-state index in [2.05, 4.69) is 31.9 Å². The summed E-state index contributed by atoms with van der Waals surface area (Å²) in [5.74, 6) is 0.175. The van der Waals surface area contributed by atoms with E-state index < -0.39 is 0 Å². The first kappa shape index (κ1) is 11.5. The molecule has 0 atom stereocenters. The summed E-state index contributed by atoms with van der Waals surface area (Å²) in [6, 6.07) is 5.73. The zero-order chi connectivity index (χ0) is 10.8. The van der Waals surface area contributed by atoms with Crippen molar-refractivity contribution in [2.45, 2.75) is 6.42 Å². The van der Waals surface area contributed by atoms with Gasteiger partial charge in [0.15, 0.2) is 5.78 Å². The zero-order valence-electron chi connectivity index (χ0n) is 7.50. The van der Waals surface area contributed by atoms with Gasteiger partial charge in [0.1, 0.15) is 0 Å². The van der Waals surface area contributed by atoms with Gasteiger partial charge in [0.25, 0.3) is 0 Å². The van der Waals surface area contributed by atoms with Gasteiger partial charge < -0.3 is 0 Å². The average Bonchev–Trinajstić information content (AvgIpc) is 2.77. The van der Waals surface area contributed by atoms with Gasteiger partial charge in [-0.25, -0.2) is 0 Å². The number of halogens is 2. The Morgan fingerprint density at radius 1 is 1.27 bits per heavy atom. The molecule has 0 spiro atoms. The van der Waals surface area contributed by atoms with E-state index in [-0.39, 0.29) is 5.78 Å². The lowest BCUT2D eigenvalue weighted by Crippen LogP contribution is -1.99. The van der Waals surface area contributed by atoms with Crippen LogP contribution in [-0.4, -0.2) is 5.78 Å². The molecule has 0 aliphatic rings. The number of hydrogen-bond donors (Lipinski definition) is 0. The Hall–Kier alpha value is 0.0300. The number of ketones is 1. The molecular formula is C10H6Br2OS2. The Morgan fingerprint density at radius 3 is 2.60 bits per heavy atom. The van der Waals surface area contributed by atoms with Gasteiger partial charge in [0.05, 0.1) is 8.66 Å². The van der Waals surface area contributed by atoms with Gasteiger partial charge in [0, 0.05) is 15.8 Å². The Labute approximate surface area is 112 Å². The van der Waals surface area contributed by atoms with Crippen molar-refractivity contribution in [3.63, 3.8) is 0 Å². The highest BCUT2D eigenvalue weighted by molar-refractivity contribution is 9.11. The van der Waals surface area contributed by atoms with Crippen LogP contribution in [0.2, 0.25) is 0 Å². The molecule has 0 saturated carbocycles. The normalized spacial score (nSPS) is 10.5. The first-order valence-electron chi connectivity index (χ1n) is 4.17. The lowest BCUT2D eigenvalue weighted by Gasteiger charge is -1.95. The van der Waals surface area contributed by atoms with Gasteiger partial charge in [-0.1, -0.05) is 0 Å². The molecule has 5 heteroatoms. The molecule has 0 aliphatic heterocycles. The molecule has 0 unspecified atom stereocenters. The maximum atomic E-state index is 11.9. The molecular weight excluding hydrogens is 360 g/mol. The smallest absolute Gasteiger partial charge is 0.178 e. The number of Topliss-reactive ketones (excluding diaryl/α,β-unsaturated/α-hetero) is 1. The average molecular weight is 366 g/mol. The van der Waals surface area contributed by atoms with Crippen LogP contribution < -0.4 is 0 Å². The minimum atomic E-state index is 0.175. The summed E-state index contributed by atoms with van der Waals surface area (Å²) in [4.78, 5) is 13.7. The molecule has 0 fully saturated rings. The molecule has 0 radical (unpaired) electrons. The molecule has 0 saturated heterocycles. The second-order valence-electron chi connectivity index (χ2n) is 2.90. The second kappa shape index (κ2) is 4.91. The predicted octanol–water partition coefficient (Wildman–Crippen LogP) is 4.76. The highest BCUT2D eigenvalue weighted by Crippen LogP contribution is 2.27. The van der Waals surface area contributed by atoms with Crippen molar-refractivity contribution in [2.75, 3.05) is 0 Å². The lowest BCUT2D eigenvalue weighted by molar-refractivity contribution is 0.0997. The minimum absolute atomic E-state index is 0.175. The summed E-state index contributed by atoms with van der Waals surface area (Å²) in [6.07, 6.45) is 0.477. The predicted molar refractivity (Wildman–Crippen MR) is 72.1 cm³/mol. The number of rotatable bonds is 3. The highest BCUT2D eigenvalue weighted by atomic mass is 79.9. The van der Waals surface area contributed by atoms with Crippen molar-refractivity contribution in [1.29, 1.82) is 0 Å². The Morgan fingerprint density at radius 2 is 2.07 bits per heavy atom. The molecule has 2 rings (SSSR count). The number of carbonyl (C=O) groups is 1. The summed E-state index contributed by atoms with van der Waals surface area (Å²) in [5.41, 5.74) is 0. The first-order chi connectivity index (χ1) is 7.16. The second-order valence-corrected chi connectivity index (χ2v) is 7.21. The van der Waals surface area contributed by atoms with E-state index in [0.717, 1.165) is 18.0 Å². The van der Waals surface area contributed by atoms with Gasteiger partial charge in [-0.05, 0) is 55.4 Å². The van der Waals surface area contributed by atoms with E-state index in [9.17, 15) is 4.79 Å². The third-order valence-corrected chi connectivity index (χ3v) is 5.45. The molecule has 1 nitrogen and oxygen atoms in total. The van der Waals surface area contributed by atoms with Crippen molar-refractivity contribution >= 4 is 60.3 Å². The van der Waals surface area contributed by atoms with Crippen LogP contribution in [-0.2, 0) is 6.42 Å². The summed E-state index contributed by atoms with van der Waals surface area (Å²) >= 11 is 9.86. The zero-order valence-corrected chi connectivity index (χ0v) is 12.3. The SMILES string of the molecule is O=C(Cc1sccc1Br)c1ccc(Br)s1. The van der Waals surface area contributed by atoms with Crippen LogP contribution in [0.25, 0.3) is 0 Å². The fourth-order valence-corrected chi connectivity index (χ4v) is 3.96. The molecule has 0 amide bonds. The summed E-state index contributed by atoms with van der Waals surface area (Å²) < 4.78 is 2.02. The third kappa shape index (κ3) is 2.78. The topological polar surface area (TPSA) is 17.1 Å². The van der Waals surface area contributed by atoms with Crippen molar-refractivity contribution in [2.24, 2.45) is 0 Å². The fourth-order valence-electron chi connectivity index (χ4n) is 1.15. The Kier molecular flexibility index (Phi) is 3.77. The van der Waals surface area contributed by atoms with E-state index >= 15 is 0 Å². The van der Waals surface area contributed by atoms with Crippen molar-refractivity contribution in [3.8, 4) is 0 Å². The minimum Gasteiger partial charge on any atom is -0.293 e. The lowest BCUT2D eigenvalue weighted by atomic mass is 10.2. The fraction of sp³-hybridized carbons (Fsp3) is 0.100. The molecule has 0 N–H and O–H groups in total. The van der Waals surface area contributed by atoms with Gasteiger partial charge in [-0.2, -0.15) is 0 Å². The number of carbonyl (C=O) groups excluding carboxylic acids is 1. The van der Waals surface area contributed by atoms with E-state index in [1.54, 1.807) is 11.3 Å². The van der Waals surface area contributed by atoms with Gasteiger partial charge in [-0.3, -0.25) is 4.79 Å². The Bertz CT molecular complexity index is 487. The highest BCUT2D eigenvalue weighted by Gasteiger charge is 2.12.